The molecule has 0 amide bonds. The zero-order valence-electron chi connectivity index (χ0n) is 11.0. The summed E-state index contributed by atoms with van der Waals surface area (Å²) in [4.78, 5) is 2.47. The summed E-state index contributed by atoms with van der Waals surface area (Å²) < 4.78 is 2.60. The zero-order valence-corrected chi connectivity index (χ0v) is 12.8. The topological polar surface area (TPSA) is 6.48 Å². The number of hydrogen-bond donors (Lipinski definition) is 0. The van der Waals surface area contributed by atoms with Gasteiger partial charge in [0.2, 0.25) is 0 Å². The summed E-state index contributed by atoms with van der Waals surface area (Å²) in [5, 5.41) is 0. The van der Waals surface area contributed by atoms with Crippen molar-refractivity contribution in [1.29, 1.82) is 0 Å². The van der Waals surface area contributed by atoms with Gasteiger partial charge in [0.1, 0.15) is 8.24 Å². The summed E-state index contributed by atoms with van der Waals surface area (Å²) in [5.74, 6) is 0.753. The first-order valence-electron chi connectivity index (χ1n) is 5.99. The number of likely N-dealkylation sites (N-methyl/N-ethyl adjacent to an activating group) is 1. The van der Waals surface area contributed by atoms with E-state index in [-0.39, 0.29) is 0 Å². The van der Waals surface area contributed by atoms with E-state index in [1.54, 1.807) is 0 Å². The van der Waals surface area contributed by atoms with E-state index in [1.165, 1.54) is 13.1 Å². The molecule has 0 aromatic heterocycles. The van der Waals surface area contributed by atoms with Crippen molar-refractivity contribution in [2.45, 2.75) is 33.5 Å². The Morgan fingerprint density at radius 3 is 1.80 bits per heavy atom. The third-order valence-corrected chi connectivity index (χ3v) is 5.40. The maximum atomic E-state index is 5.85. The molecule has 4 heteroatoms. The molecule has 0 aliphatic heterocycles. The van der Waals surface area contributed by atoms with E-state index >= 15 is 0 Å². The largest absolute Gasteiger partial charge is 0.321 e. The Balaban J connectivity index is 4.06. The summed E-state index contributed by atoms with van der Waals surface area (Å²) in [6.07, 6.45) is 0. The maximum Gasteiger partial charge on any atom is 0.119 e. The Kier molecular flexibility index (Phi) is 7.88. The van der Waals surface area contributed by atoms with Crippen LogP contribution in [0.4, 0.5) is 0 Å². The molecule has 0 radical (unpaired) electrons. The van der Waals surface area contributed by atoms with Crippen LogP contribution in [-0.2, 0) is 0 Å². The predicted octanol–water partition coefficient (Wildman–Crippen LogP) is 2.70. The Hall–Kier alpha value is 0.427. The molecule has 0 saturated heterocycles. The van der Waals surface area contributed by atoms with Crippen molar-refractivity contribution in [3.05, 3.63) is 0 Å². The van der Waals surface area contributed by atoms with Crippen molar-refractivity contribution in [3.8, 4) is 0 Å². The van der Waals surface area contributed by atoms with Crippen LogP contribution in [0, 0.1) is 0 Å². The fourth-order valence-electron chi connectivity index (χ4n) is 1.69. The molecule has 0 fully saturated rings. The number of rotatable bonds is 8. The van der Waals surface area contributed by atoms with Crippen LogP contribution in [0.2, 0.25) is 19.6 Å². The number of hydrogen-bond acceptors (Lipinski definition) is 2. The van der Waals surface area contributed by atoms with Crippen LogP contribution in [0.5, 0.6) is 0 Å². The standard InChI is InChI=1S/C11H27ClN2Si/c1-6-13(7-2)10-11-14(9-8-12)15(3,4)5/h6-11H2,1-5H3. The summed E-state index contributed by atoms with van der Waals surface area (Å²) in [5.41, 5.74) is 0. The second-order valence-electron chi connectivity index (χ2n) is 4.87. The zero-order chi connectivity index (χ0) is 11.9. The maximum absolute atomic E-state index is 5.85. The van der Waals surface area contributed by atoms with Crippen molar-refractivity contribution in [1.82, 2.24) is 9.47 Å². The fraction of sp³-hybridized carbons (Fsp3) is 1.00. The van der Waals surface area contributed by atoms with E-state index in [4.69, 9.17) is 11.6 Å². The van der Waals surface area contributed by atoms with Crippen molar-refractivity contribution in [2.24, 2.45) is 0 Å². The van der Waals surface area contributed by atoms with Gasteiger partial charge in [-0.3, -0.25) is 0 Å². The Bertz CT molecular complexity index is 155. The average molecular weight is 251 g/mol. The molecule has 0 N–H and O–H groups in total. The van der Waals surface area contributed by atoms with Crippen LogP contribution in [-0.4, -0.2) is 56.3 Å². The Labute approximate surface area is 102 Å². The average Bonchev–Trinajstić information content (AvgIpc) is 2.16. The van der Waals surface area contributed by atoms with E-state index in [2.05, 4.69) is 43.0 Å². The second kappa shape index (κ2) is 7.66. The van der Waals surface area contributed by atoms with Crippen LogP contribution in [0.3, 0.4) is 0 Å². The second-order valence-corrected chi connectivity index (χ2v) is 10.2. The molecule has 0 saturated carbocycles. The Morgan fingerprint density at radius 2 is 1.47 bits per heavy atom. The highest BCUT2D eigenvalue weighted by Gasteiger charge is 2.22. The molecule has 0 atom stereocenters. The van der Waals surface area contributed by atoms with Crippen LogP contribution in [0.25, 0.3) is 0 Å². The van der Waals surface area contributed by atoms with E-state index < -0.39 is 8.24 Å². The Morgan fingerprint density at radius 1 is 0.933 bits per heavy atom. The molecular formula is C11H27ClN2Si. The van der Waals surface area contributed by atoms with Crippen molar-refractivity contribution < 1.29 is 0 Å². The van der Waals surface area contributed by atoms with E-state index in [9.17, 15) is 0 Å². The summed E-state index contributed by atoms with van der Waals surface area (Å²) >= 11 is 5.85. The van der Waals surface area contributed by atoms with E-state index in [1.807, 2.05) is 0 Å². The minimum atomic E-state index is -1.18. The quantitative estimate of drug-likeness (QED) is 0.483. The van der Waals surface area contributed by atoms with Crippen molar-refractivity contribution in [2.75, 3.05) is 38.6 Å². The van der Waals surface area contributed by atoms with Crippen LogP contribution < -0.4 is 0 Å². The van der Waals surface area contributed by atoms with E-state index in [0.29, 0.717) is 0 Å². The van der Waals surface area contributed by atoms with Gasteiger partial charge in [-0.25, -0.2) is 0 Å². The third-order valence-electron chi connectivity index (χ3n) is 2.88. The lowest BCUT2D eigenvalue weighted by atomic mass is 10.4. The lowest BCUT2D eigenvalue weighted by Gasteiger charge is -2.35. The summed E-state index contributed by atoms with van der Waals surface area (Å²) in [7, 11) is -1.18. The van der Waals surface area contributed by atoms with Gasteiger partial charge in [0.15, 0.2) is 0 Å². The van der Waals surface area contributed by atoms with Gasteiger partial charge in [0.05, 0.1) is 0 Å². The normalized spacial score (nSPS) is 12.8. The minimum Gasteiger partial charge on any atom is -0.321 e. The molecule has 0 aliphatic carbocycles. The van der Waals surface area contributed by atoms with E-state index in [0.717, 1.165) is 25.5 Å². The molecule has 0 aromatic carbocycles. The van der Waals surface area contributed by atoms with Gasteiger partial charge in [-0.15, -0.1) is 11.6 Å². The number of nitrogens with zero attached hydrogens (tertiary/aromatic N) is 2. The number of halogens is 1. The lowest BCUT2D eigenvalue weighted by Crippen LogP contribution is -2.50. The molecular weight excluding hydrogens is 224 g/mol. The molecule has 0 aromatic rings. The fourth-order valence-corrected chi connectivity index (χ4v) is 3.59. The van der Waals surface area contributed by atoms with Gasteiger partial charge in [-0.1, -0.05) is 33.5 Å². The molecule has 0 bridgehead atoms. The molecule has 0 spiro atoms. The van der Waals surface area contributed by atoms with Gasteiger partial charge >= 0.3 is 0 Å². The molecule has 2 nitrogen and oxygen atoms in total. The van der Waals surface area contributed by atoms with Crippen LogP contribution in [0.1, 0.15) is 13.8 Å². The first kappa shape index (κ1) is 15.4. The first-order chi connectivity index (χ1) is 6.95. The SMILES string of the molecule is CCN(CC)CCN(CCCl)[Si](C)(C)C. The number of alkyl halides is 1. The predicted molar refractivity (Wildman–Crippen MR) is 73.4 cm³/mol. The highest BCUT2D eigenvalue weighted by molar-refractivity contribution is 6.73. The van der Waals surface area contributed by atoms with Gasteiger partial charge in [0.25, 0.3) is 0 Å². The third kappa shape index (κ3) is 6.56. The highest BCUT2D eigenvalue weighted by Crippen LogP contribution is 2.09. The highest BCUT2D eigenvalue weighted by atomic mass is 35.5. The van der Waals surface area contributed by atoms with Gasteiger partial charge in [-0.05, 0) is 13.1 Å². The molecule has 92 valence electrons. The lowest BCUT2D eigenvalue weighted by molar-refractivity contribution is 0.272. The monoisotopic (exact) mass is 250 g/mol. The van der Waals surface area contributed by atoms with Crippen molar-refractivity contribution >= 4 is 19.8 Å². The molecule has 0 aliphatic rings. The molecule has 0 unspecified atom stereocenters. The first-order valence-corrected chi connectivity index (χ1v) is 9.97. The van der Waals surface area contributed by atoms with Gasteiger partial charge in [-0.2, -0.15) is 0 Å². The smallest absolute Gasteiger partial charge is 0.119 e. The molecule has 15 heavy (non-hydrogen) atoms. The van der Waals surface area contributed by atoms with Crippen molar-refractivity contribution in [3.63, 3.8) is 0 Å². The van der Waals surface area contributed by atoms with Crippen LogP contribution >= 0.6 is 11.6 Å². The summed E-state index contributed by atoms with van der Waals surface area (Å²) in [6, 6.07) is 0. The molecule has 0 rings (SSSR count). The minimum absolute atomic E-state index is 0.753. The van der Waals surface area contributed by atoms with Crippen LogP contribution in [0.15, 0.2) is 0 Å². The molecule has 0 heterocycles. The summed E-state index contributed by atoms with van der Waals surface area (Å²) in [6.45, 7) is 17.3. The van der Waals surface area contributed by atoms with Gasteiger partial charge < -0.3 is 9.47 Å². The van der Waals surface area contributed by atoms with Gasteiger partial charge in [0, 0.05) is 25.5 Å².